The number of hydrogen-bond acceptors (Lipinski definition) is 7. The first-order valence-electron chi connectivity index (χ1n) is 17.5. The lowest BCUT2D eigenvalue weighted by Gasteiger charge is -2.05. The van der Waals surface area contributed by atoms with E-state index in [-0.39, 0.29) is 6.67 Å². The van der Waals surface area contributed by atoms with Gasteiger partial charge in [0.05, 0.1) is 19.1 Å². The van der Waals surface area contributed by atoms with Crippen LogP contribution in [0, 0.1) is 20.8 Å². The Labute approximate surface area is 317 Å². The second-order valence-corrected chi connectivity index (χ2v) is 13.0. The Balaban J connectivity index is 0.000000361. The lowest BCUT2D eigenvalue weighted by Crippen LogP contribution is -2.32. The highest BCUT2D eigenvalue weighted by Crippen LogP contribution is 2.10. The number of nitrogens with two attached hydrogens (primary N) is 4. The van der Waals surface area contributed by atoms with E-state index in [0.29, 0.717) is 38.1 Å². The highest BCUT2D eigenvalue weighted by molar-refractivity contribution is 5.77. The quantitative estimate of drug-likeness (QED) is 0.0650. The summed E-state index contributed by atoms with van der Waals surface area (Å²) in [5, 5.41) is 25.7. The van der Waals surface area contributed by atoms with Crippen molar-refractivity contribution >= 4 is 23.7 Å². The van der Waals surface area contributed by atoms with Crippen LogP contribution in [0.3, 0.4) is 0 Å². The Bertz CT molecular complexity index is 1580. The summed E-state index contributed by atoms with van der Waals surface area (Å²) in [7, 11) is 0. The molecule has 0 aliphatic rings. The van der Waals surface area contributed by atoms with Crippen molar-refractivity contribution in [3.63, 3.8) is 0 Å². The molecule has 292 valence electrons. The first-order valence-corrected chi connectivity index (χ1v) is 17.5. The van der Waals surface area contributed by atoms with E-state index >= 15 is 0 Å². The summed E-state index contributed by atoms with van der Waals surface area (Å²) < 4.78 is 12.0. The Morgan fingerprint density at radius 2 is 0.926 bits per heavy atom. The monoisotopic (exact) mass is 744 g/mol. The fraction of sp³-hybridized carbons (Fsp3) is 0.333. The SMILES string of the molecule is CC(N)=NCc1cccc(CCC[18F])c1.Cc1ccc(C[C@@H](N)C(=O)O)cc1.Cc1ccc(C[C@@H](N)C(=O)O)cc1.Cc1ccc(C[C@@H](N)C(=O)O)cc1. The molecule has 4 aromatic rings. The molecule has 0 heterocycles. The fourth-order valence-corrected chi connectivity index (χ4v) is 4.57. The zero-order chi connectivity index (χ0) is 40.6. The second kappa shape index (κ2) is 25.5. The molecule has 0 aliphatic carbocycles. The molecule has 11 N–H and O–H groups in total. The molecule has 54 heavy (non-hydrogen) atoms. The van der Waals surface area contributed by atoms with Crippen molar-refractivity contribution < 1.29 is 34.1 Å². The predicted molar refractivity (Wildman–Crippen MR) is 213 cm³/mol. The molecule has 3 atom stereocenters. The highest BCUT2D eigenvalue weighted by Gasteiger charge is 2.13. The number of aliphatic carboxylic acids is 3. The summed E-state index contributed by atoms with van der Waals surface area (Å²) in [6, 6.07) is 28.7. The number of aryl methyl sites for hydroxylation is 4. The molecule has 0 fully saturated rings. The van der Waals surface area contributed by atoms with Gasteiger partial charge < -0.3 is 38.3 Å². The van der Waals surface area contributed by atoms with Crippen molar-refractivity contribution in [2.24, 2.45) is 27.9 Å². The number of alkyl halides is 1. The zero-order valence-electron chi connectivity index (χ0n) is 31.6. The number of halogens is 1. The Kier molecular flexibility index (Phi) is 22.0. The van der Waals surface area contributed by atoms with Crippen LogP contribution >= 0.6 is 0 Å². The number of hydrogen-bond donors (Lipinski definition) is 7. The van der Waals surface area contributed by atoms with Gasteiger partial charge in [-0.15, -0.1) is 0 Å². The Morgan fingerprint density at radius 1 is 0.593 bits per heavy atom. The predicted octanol–water partition coefficient (Wildman–Crippen LogP) is 5.31. The number of benzene rings is 4. The van der Waals surface area contributed by atoms with Crippen molar-refractivity contribution in [2.75, 3.05) is 6.67 Å². The molecule has 0 amide bonds. The van der Waals surface area contributed by atoms with Crippen LogP contribution in [-0.4, -0.2) is 63.9 Å². The van der Waals surface area contributed by atoms with Gasteiger partial charge in [-0.05, 0) is 87.6 Å². The molecule has 4 aromatic carbocycles. The van der Waals surface area contributed by atoms with Gasteiger partial charge in [-0.1, -0.05) is 114 Å². The number of carbonyl (C=O) groups is 3. The van der Waals surface area contributed by atoms with Crippen molar-refractivity contribution in [3.8, 4) is 0 Å². The van der Waals surface area contributed by atoms with Gasteiger partial charge in [-0.25, -0.2) is 0 Å². The van der Waals surface area contributed by atoms with Gasteiger partial charge >= 0.3 is 17.9 Å². The zero-order valence-corrected chi connectivity index (χ0v) is 31.6. The highest BCUT2D eigenvalue weighted by atomic mass is 18.2. The summed E-state index contributed by atoms with van der Waals surface area (Å²) in [6.45, 7) is 8.08. The molecule has 0 unspecified atom stereocenters. The average Bonchev–Trinajstić information content (AvgIpc) is 3.13. The number of aliphatic imine (C=N–C) groups is 1. The van der Waals surface area contributed by atoms with E-state index in [4.69, 9.17) is 38.3 Å². The molecular formula is C42H56FN5O6. The normalized spacial score (nSPS) is 12.3. The summed E-state index contributed by atoms with van der Waals surface area (Å²) in [4.78, 5) is 35.5. The number of carboxylic acid groups (broad SMARTS) is 3. The minimum Gasteiger partial charge on any atom is -0.480 e. The average molecular weight is 745 g/mol. The molecular weight excluding hydrogens is 688 g/mol. The molecule has 0 aromatic heterocycles. The van der Waals surface area contributed by atoms with Crippen LogP contribution < -0.4 is 22.9 Å². The third-order valence-electron chi connectivity index (χ3n) is 7.78. The molecule has 12 heteroatoms. The number of carboxylic acids is 3. The molecule has 0 saturated heterocycles. The van der Waals surface area contributed by atoms with Crippen LogP contribution in [0.2, 0.25) is 0 Å². The van der Waals surface area contributed by atoms with Crippen LogP contribution in [0.25, 0.3) is 0 Å². The third-order valence-corrected chi connectivity index (χ3v) is 7.78. The first kappa shape index (κ1) is 46.6. The van der Waals surface area contributed by atoms with Crippen molar-refractivity contribution in [2.45, 2.75) is 84.5 Å². The van der Waals surface area contributed by atoms with Crippen LogP contribution in [0.15, 0.2) is 102 Å². The van der Waals surface area contributed by atoms with E-state index in [2.05, 4.69) is 11.1 Å². The molecule has 0 aliphatic heterocycles. The van der Waals surface area contributed by atoms with E-state index in [9.17, 15) is 18.8 Å². The van der Waals surface area contributed by atoms with Gasteiger partial charge in [-0.3, -0.25) is 23.8 Å². The maximum absolute atomic E-state index is 12.0. The summed E-state index contributed by atoms with van der Waals surface area (Å²) in [6.07, 6.45) is 2.53. The third kappa shape index (κ3) is 21.2. The van der Waals surface area contributed by atoms with Crippen molar-refractivity contribution in [3.05, 3.63) is 142 Å². The standard InChI is InChI=1S/C12H17FN2.3C10H13NO2/c1-10(14)15-9-12-5-2-4-11(8-12)6-3-7-13;3*1-7-2-4-8(5-3-7)6-9(11)10(12)13/h2,4-5,8H,3,6-7,9H2,1H3,(H2,14,15);3*2-5,9H,6,11H2,1H3,(H,12,13)/t;3*9-/m.111/s1/i13-1;;;. The minimum absolute atomic E-state index is 0.260. The van der Waals surface area contributed by atoms with Crippen LogP contribution in [0.1, 0.15) is 57.9 Å². The summed E-state index contributed by atoms with van der Waals surface area (Å²) >= 11 is 0. The number of nitrogens with zero attached hydrogens (tertiary/aromatic N) is 1. The summed E-state index contributed by atoms with van der Waals surface area (Å²) in [5.74, 6) is -2.29. The molecule has 0 spiro atoms. The fourth-order valence-electron chi connectivity index (χ4n) is 4.57. The number of rotatable bonds is 14. The van der Waals surface area contributed by atoms with Crippen LogP contribution in [0.4, 0.5) is 4.39 Å². The molecule has 0 bridgehead atoms. The lowest BCUT2D eigenvalue weighted by molar-refractivity contribution is -0.139. The maximum Gasteiger partial charge on any atom is 0.320 e. The topological polar surface area (TPSA) is 228 Å². The van der Waals surface area contributed by atoms with Gasteiger partial charge in [0, 0.05) is 0 Å². The molecule has 0 radical (unpaired) electrons. The largest absolute Gasteiger partial charge is 0.480 e. The van der Waals surface area contributed by atoms with E-state index in [1.165, 1.54) is 0 Å². The lowest BCUT2D eigenvalue weighted by atomic mass is 10.1. The van der Waals surface area contributed by atoms with Crippen molar-refractivity contribution in [1.29, 1.82) is 0 Å². The van der Waals surface area contributed by atoms with E-state index in [1.807, 2.05) is 112 Å². The van der Waals surface area contributed by atoms with E-state index in [1.54, 1.807) is 6.92 Å². The van der Waals surface area contributed by atoms with Crippen molar-refractivity contribution in [1.82, 2.24) is 0 Å². The van der Waals surface area contributed by atoms with Gasteiger partial charge in [0.2, 0.25) is 0 Å². The van der Waals surface area contributed by atoms with Gasteiger partial charge in [0.25, 0.3) is 0 Å². The first-order chi connectivity index (χ1) is 25.5. The Morgan fingerprint density at radius 3 is 1.22 bits per heavy atom. The van der Waals surface area contributed by atoms with Crippen LogP contribution in [-0.2, 0) is 46.6 Å². The van der Waals surface area contributed by atoms with Gasteiger partial charge in [0.15, 0.2) is 0 Å². The maximum atomic E-state index is 12.0. The second-order valence-electron chi connectivity index (χ2n) is 13.0. The molecule has 0 saturated carbocycles. The van der Waals surface area contributed by atoms with E-state index < -0.39 is 36.0 Å². The Hall–Kier alpha value is -5.43. The molecule has 4 rings (SSSR count). The summed E-state index contributed by atoms with van der Waals surface area (Å²) in [5.41, 5.74) is 30.3. The van der Waals surface area contributed by atoms with Gasteiger partial charge in [-0.2, -0.15) is 0 Å². The minimum atomic E-state index is -0.958. The van der Waals surface area contributed by atoms with E-state index in [0.717, 1.165) is 50.9 Å². The van der Waals surface area contributed by atoms with Crippen LogP contribution in [0.5, 0.6) is 0 Å². The number of amidine groups is 1. The smallest absolute Gasteiger partial charge is 0.320 e. The molecule has 11 nitrogen and oxygen atoms in total. The van der Waals surface area contributed by atoms with Gasteiger partial charge in [0.1, 0.15) is 18.1 Å².